The van der Waals surface area contributed by atoms with Gasteiger partial charge in [-0.25, -0.2) is 4.98 Å². The van der Waals surface area contributed by atoms with Gasteiger partial charge in [-0.15, -0.1) is 0 Å². The van der Waals surface area contributed by atoms with E-state index in [-0.39, 0.29) is 6.61 Å². The van der Waals surface area contributed by atoms with Crippen LogP contribution in [0, 0.1) is 5.92 Å². The number of aliphatic hydroxyl groups excluding tert-OH is 1. The van der Waals surface area contributed by atoms with Gasteiger partial charge in [-0.05, 0) is 43.0 Å². The largest absolute Gasteiger partial charge is 0.397 e. The third kappa shape index (κ3) is 3.20. The van der Waals surface area contributed by atoms with Crippen LogP contribution in [0.2, 0.25) is 0 Å². The van der Waals surface area contributed by atoms with Crippen LogP contribution in [0.1, 0.15) is 50.1 Å². The third-order valence-corrected chi connectivity index (χ3v) is 7.68. The summed E-state index contributed by atoms with van der Waals surface area (Å²) in [7, 11) is 0. The second-order valence-corrected chi connectivity index (χ2v) is 9.63. The van der Waals surface area contributed by atoms with Gasteiger partial charge >= 0.3 is 0 Å². The number of rotatable bonds is 4. The Hall–Kier alpha value is -2.86. The third-order valence-electron chi connectivity index (χ3n) is 7.68. The summed E-state index contributed by atoms with van der Waals surface area (Å²) in [5, 5.41) is 9.60. The van der Waals surface area contributed by atoms with Gasteiger partial charge in [-0.3, -0.25) is 4.99 Å². The zero-order valence-corrected chi connectivity index (χ0v) is 18.5. The van der Waals surface area contributed by atoms with Crippen LogP contribution in [0.5, 0.6) is 0 Å². The fourth-order valence-electron chi connectivity index (χ4n) is 5.84. The lowest BCUT2D eigenvalue weighted by molar-refractivity contribution is 0.238. The average molecular weight is 430 g/mol. The van der Waals surface area contributed by atoms with Crippen molar-refractivity contribution in [2.24, 2.45) is 10.9 Å². The van der Waals surface area contributed by atoms with Crippen LogP contribution in [0.15, 0.2) is 35.6 Å². The first-order chi connectivity index (χ1) is 15.7. The summed E-state index contributed by atoms with van der Waals surface area (Å²) in [6.07, 6.45) is 12.3. The van der Waals surface area contributed by atoms with Crippen LogP contribution < -0.4 is 10.6 Å². The van der Waals surface area contributed by atoms with Crippen LogP contribution in [0.25, 0.3) is 22.2 Å². The first-order valence-electron chi connectivity index (χ1n) is 12.0. The normalized spacial score (nSPS) is 21.0. The fraction of sp³-hybridized carbons (Fsp3) is 0.462. The molecule has 0 radical (unpaired) electrons. The molecule has 3 N–H and O–H groups in total. The summed E-state index contributed by atoms with van der Waals surface area (Å²) >= 11 is 0. The highest BCUT2D eigenvalue weighted by atomic mass is 16.3. The van der Waals surface area contributed by atoms with Crippen LogP contribution in [0.3, 0.4) is 0 Å². The molecule has 2 aromatic carbocycles. The Bertz CT molecular complexity index is 1190. The molecule has 1 aliphatic carbocycles. The van der Waals surface area contributed by atoms with E-state index in [4.69, 9.17) is 15.7 Å². The number of nitrogens with zero attached hydrogens (tertiary/aromatic N) is 4. The summed E-state index contributed by atoms with van der Waals surface area (Å²) in [6, 6.07) is 9.43. The van der Waals surface area contributed by atoms with Crippen LogP contribution in [0.4, 0.5) is 17.1 Å². The number of hydrogen-bond donors (Lipinski definition) is 2. The molecule has 0 bridgehead atoms. The molecule has 0 unspecified atom stereocenters. The summed E-state index contributed by atoms with van der Waals surface area (Å²) < 4.78 is 2.38. The van der Waals surface area contributed by atoms with Crippen molar-refractivity contribution in [3.05, 3.63) is 36.2 Å². The number of nitrogen functional groups attached to an aromatic ring is 1. The van der Waals surface area contributed by atoms with Gasteiger partial charge in [-0.2, -0.15) is 0 Å². The van der Waals surface area contributed by atoms with Crippen LogP contribution >= 0.6 is 0 Å². The van der Waals surface area contributed by atoms with Crippen LogP contribution in [-0.4, -0.2) is 40.6 Å². The minimum absolute atomic E-state index is 0.234. The van der Waals surface area contributed by atoms with Gasteiger partial charge in [0.25, 0.3) is 0 Å². The Morgan fingerprint density at radius 3 is 2.78 bits per heavy atom. The molecular formula is C26H31N5O. The second-order valence-electron chi connectivity index (χ2n) is 9.63. The van der Waals surface area contributed by atoms with Crippen molar-refractivity contribution in [3.8, 4) is 11.1 Å². The van der Waals surface area contributed by atoms with Crippen molar-refractivity contribution in [1.82, 2.24) is 9.55 Å². The molecule has 32 heavy (non-hydrogen) atoms. The molecule has 1 saturated heterocycles. The Morgan fingerprint density at radius 1 is 1.09 bits per heavy atom. The average Bonchev–Trinajstić information content (AvgIpc) is 3.59. The number of benzene rings is 2. The minimum atomic E-state index is 0.234. The Morgan fingerprint density at radius 2 is 1.97 bits per heavy atom. The fourth-order valence-corrected chi connectivity index (χ4v) is 5.84. The number of fused-ring (bicyclic) bond motifs is 2. The molecule has 6 rings (SSSR count). The molecule has 6 nitrogen and oxygen atoms in total. The maximum atomic E-state index is 9.60. The van der Waals surface area contributed by atoms with Crippen molar-refractivity contribution in [2.75, 3.05) is 30.3 Å². The van der Waals surface area contributed by atoms with Gasteiger partial charge in [0.2, 0.25) is 0 Å². The zero-order valence-electron chi connectivity index (χ0n) is 18.5. The van der Waals surface area contributed by atoms with Crippen molar-refractivity contribution in [3.63, 3.8) is 0 Å². The quantitative estimate of drug-likeness (QED) is 0.580. The molecule has 2 aliphatic heterocycles. The number of anilines is 2. The van der Waals surface area contributed by atoms with E-state index in [1.54, 1.807) is 0 Å². The first kappa shape index (κ1) is 19.8. The van der Waals surface area contributed by atoms with E-state index in [2.05, 4.69) is 33.7 Å². The van der Waals surface area contributed by atoms with Gasteiger partial charge in [0, 0.05) is 55.4 Å². The number of hydrogen-bond acceptors (Lipinski definition) is 5. The van der Waals surface area contributed by atoms with E-state index >= 15 is 0 Å². The van der Waals surface area contributed by atoms with Gasteiger partial charge < -0.3 is 20.3 Å². The predicted molar refractivity (Wildman–Crippen MR) is 131 cm³/mol. The molecule has 0 spiro atoms. The molecule has 3 aliphatic rings. The van der Waals surface area contributed by atoms with E-state index in [0.29, 0.717) is 12.0 Å². The molecule has 2 fully saturated rings. The molecule has 3 heterocycles. The molecule has 6 heteroatoms. The van der Waals surface area contributed by atoms with Crippen molar-refractivity contribution >= 4 is 34.3 Å². The lowest BCUT2D eigenvalue weighted by atomic mass is 9.95. The van der Waals surface area contributed by atoms with Gasteiger partial charge in [0.1, 0.15) is 0 Å². The van der Waals surface area contributed by atoms with E-state index in [1.807, 2.05) is 12.5 Å². The first-order valence-corrected chi connectivity index (χ1v) is 12.0. The molecule has 166 valence electrons. The Balaban J connectivity index is 1.41. The second kappa shape index (κ2) is 7.93. The lowest BCUT2D eigenvalue weighted by Gasteiger charge is -2.24. The van der Waals surface area contributed by atoms with E-state index in [0.717, 1.165) is 65.2 Å². The van der Waals surface area contributed by atoms with Gasteiger partial charge in [-0.1, -0.05) is 25.3 Å². The van der Waals surface area contributed by atoms with E-state index in [9.17, 15) is 5.11 Å². The molecule has 1 atom stereocenters. The number of aliphatic hydroxyl groups is 1. The van der Waals surface area contributed by atoms with Crippen molar-refractivity contribution < 1.29 is 5.11 Å². The van der Waals surface area contributed by atoms with E-state index < -0.39 is 0 Å². The smallest absolute Gasteiger partial charge is 0.0960 e. The van der Waals surface area contributed by atoms with Crippen LogP contribution in [-0.2, 0) is 6.42 Å². The zero-order chi connectivity index (χ0) is 21.7. The van der Waals surface area contributed by atoms with Gasteiger partial charge in [0.15, 0.2) is 0 Å². The number of nitrogens with two attached hydrogens (primary N) is 1. The number of aliphatic imine (C=N–C) groups is 1. The maximum Gasteiger partial charge on any atom is 0.0960 e. The summed E-state index contributed by atoms with van der Waals surface area (Å²) in [6.45, 7) is 2.02. The maximum absolute atomic E-state index is 9.60. The SMILES string of the molecule is Nc1c(N2CC[C@H](CO)C2)cc(-c2ccc3c(c2)ncn3C2CCCCC2)c2c1CC=N2. The number of aromatic nitrogens is 2. The summed E-state index contributed by atoms with van der Waals surface area (Å²) in [5.74, 6) is 0.322. The molecule has 1 saturated carbocycles. The highest BCUT2D eigenvalue weighted by molar-refractivity contribution is 5.97. The molecule has 1 aromatic heterocycles. The predicted octanol–water partition coefficient (Wildman–Crippen LogP) is 4.87. The minimum Gasteiger partial charge on any atom is -0.397 e. The summed E-state index contributed by atoms with van der Waals surface area (Å²) in [5.41, 5.74) is 15.2. The molecule has 0 amide bonds. The molecular weight excluding hydrogens is 398 g/mol. The Labute approximate surface area is 188 Å². The van der Waals surface area contributed by atoms with Crippen molar-refractivity contribution in [2.45, 2.75) is 51.0 Å². The number of imidazole rings is 1. The lowest BCUT2D eigenvalue weighted by Crippen LogP contribution is -2.22. The van der Waals surface area contributed by atoms with Gasteiger partial charge in [0.05, 0.1) is 34.4 Å². The summed E-state index contributed by atoms with van der Waals surface area (Å²) in [4.78, 5) is 11.8. The standard InChI is InChI=1S/C26H31N5O/c27-25-20-8-10-28-26(20)21(13-24(25)30-11-9-17(14-30)15-32)18-6-7-23-22(12-18)29-16-31(23)19-4-2-1-3-5-19/h6-7,10,12-13,16-17,19,32H,1-5,8-9,11,14-15,27H2/t17-/m0/s1. The van der Waals surface area contributed by atoms with Crippen molar-refractivity contribution in [1.29, 1.82) is 0 Å². The van der Waals surface area contributed by atoms with E-state index in [1.165, 1.54) is 37.6 Å². The highest BCUT2D eigenvalue weighted by Gasteiger charge is 2.27. The monoisotopic (exact) mass is 429 g/mol. The topological polar surface area (TPSA) is 79.7 Å². The molecule has 3 aromatic rings. The Kier molecular flexibility index (Phi) is 4.90. The highest BCUT2D eigenvalue weighted by Crippen LogP contribution is 2.46.